The van der Waals surface area contributed by atoms with Gasteiger partial charge in [0.2, 0.25) is 0 Å². The Kier molecular flexibility index (Phi) is 6.47. The van der Waals surface area contributed by atoms with E-state index in [1.807, 2.05) is 18.2 Å². The normalized spacial score (nSPS) is 14.3. The third-order valence-corrected chi connectivity index (χ3v) is 3.12. The molecule has 0 fully saturated rings. The minimum Gasteiger partial charge on any atom is -0.496 e. The SMILES string of the molecule is COCC(C)CC(N)Cc1cc(Cl)ccc1OC. The van der Waals surface area contributed by atoms with Crippen molar-refractivity contribution >= 4 is 11.6 Å². The lowest BCUT2D eigenvalue weighted by Crippen LogP contribution is -2.26. The highest BCUT2D eigenvalue weighted by atomic mass is 35.5. The molecule has 102 valence electrons. The van der Waals surface area contributed by atoms with E-state index in [1.54, 1.807) is 14.2 Å². The Bertz CT molecular complexity index is 371. The summed E-state index contributed by atoms with van der Waals surface area (Å²) in [5.74, 6) is 1.30. The van der Waals surface area contributed by atoms with Crippen molar-refractivity contribution in [1.82, 2.24) is 0 Å². The lowest BCUT2D eigenvalue weighted by Gasteiger charge is -2.18. The molecule has 0 spiro atoms. The van der Waals surface area contributed by atoms with Crippen molar-refractivity contribution in [3.05, 3.63) is 28.8 Å². The average Bonchev–Trinajstić information content (AvgIpc) is 2.29. The molecule has 4 heteroatoms. The van der Waals surface area contributed by atoms with Crippen molar-refractivity contribution in [3.8, 4) is 5.75 Å². The third kappa shape index (κ3) is 4.84. The smallest absolute Gasteiger partial charge is 0.122 e. The van der Waals surface area contributed by atoms with Crippen LogP contribution in [0.15, 0.2) is 18.2 Å². The Balaban J connectivity index is 2.63. The molecule has 1 aromatic carbocycles. The minimum absolute atomic E-state index is 0.0857. The lowest BCUT2D eigenvalue weighted by atomic mass is 9.97. The predicted molar refractivity (Wildman–Crippen MR) is 75.3 cm³/mol. The van der Waals surface area contributed by atoms with Gasteiger partial charge in [0.15, 0.2) is 0 Å². The van der Waals surface area contributed by atoms with E-state index in [1.165, 1.54) is 0 Å². The molecule has 1 aromatic rings. The maximum atomic E-state index is 6.16. The van der Waals surface area contributed by atoms with Gasteiger partial charge in [-0.15, -0.1) is 0 Å². The third-order valence-electron chi connectivity index (χ3n) is 2.88. The number of methoxy groups -OCH3 is 2. The number of benzene rings is 1. The predicted octanol–water partition coefficient (Wildman–Crippen LogP) is 2.89. The van der Waals surface area contributed by atoms with Crippen LogP contribution in [0.1, 0.15) is 18.9 Å². The van der Waals surface area contributed by atoms with Gasteiger partial charge in [-0.3, -0.25) is 0 Å². The first-order valence-corrected chi connectivity index (χ1v) is 6.51. The van der Waals surface area contributed by atoms with E-state index >= 15 is 0 Å². The molecule has 1 rings (SSSR count). The highest BCUT2D eigenvalue weighted by molar-refractivity contribution is 6.30. The molecule has 2 N–H and O–H groups in total. The van der Waals surface area contributed by atoms with E-state index in [0.29, 0.717) is 10.9 Å². The summed E-state index contributed by atoms with van der Waals surface area (Å²) in [4.78, 5) is 0. The van der Waals surface area contributed by atoms with Crippen LogP contribution < -0.4 is 10.5 Å². The zero-order valence-electron chi connectivity index (χ0n) is 11.3. The first kappa shape index (κ1) is 15.3. The topological polar surface area (TPSA) is 44.5 Å². The van der Waals surface area contributed by atoms with Gasteiger partial charge in [0.25, 0.3) is 0 Å². The Labute approximate surface area is 114 Å². The molecule has 0 aliphatic carbocycles. The fourth-order valence-corrected chi connectivity index (χ4v) is 2.34. The molecular weight excluding hydrogens is 250 g/mol. The molecule has 0 amide bonds. The molecule has 0 aliphatic rings. The molecule has 0 radical (unpaired) electrons. The molecule has 2 unspecified atom stereocenters. The largest absolute Gasteiger partial charge is 0.496 e. The van der Waals surface area contributed by atoms with E-state index in [9.17, 15) is 0 Å². The first-order valence-electron chi connectivity index (χ1n) is 6.13. The summed E-state index contributed by atoms with van der Waals surface area (Å²) in [6.45, 7) is 2.87. The molecule has 3 nitrogen and oxygen atoms in total. The van der Waals surface area contributed by atoms with E-state index in [2.05, 4.69) is 6.92 Å². The van der Waals surface area contributed by atoms with Crippen LogP contribution in [0.4, 0.5) is 0 Å². The summed E-state index contributed by atoms with van der Waals surface area (Å²) >= 11 is 6.00. The monoisotopic (exact) mass is 271 g/mol. The molecule has 0 bridgehead atoms. The number of hydrogen-bond donors (Lipinski definition) is 1. The van der Waals surface area contributed by atoms with E-state index < -0.39 is 0 Å². The Morgan fingerprint density at radius 3 is 2.67 bits per heavy atom. The van der Waals surface area contributed by atoms with Gasteiger partial charge in [-0.1, -0.05) is 18.5 Å². The van der Waals surface area contributed by atoms with Gasteiger partial charge in [0.1, 0.15) is 5.75 Å². The molecule has 0 saturated heterocycles. The lowest BCUT2D eigenvalue weighted by molar-refractivity contribution is 0.152. The number of nitrogens with two attached hydrogens (primary N) is 1. The fraction of sp³-hybridized carbons (Fsp3) is 0.571. The van der Waals surface area contributed by atoms with Gasteiger partial charge in [0, 0.05) is 24.8 Å². The van der Waals surface area contributed by atoms with Crippen LogP contribution in [0.25, 0.3) is 0 Å². The molecule has 0 saturated carbocycles. The van der Waals surface area contributed by atoms with Crippen molar-refractivity contribution in [2.75, 3.05) is 20.8 Å². The number of hydrogen-bond acceptors (Lipinski definition) is 3. The minimum atomic E-state index is 0.0857. The Morgan fingerprint density at radius 1 is 1.33 bits per heavy atom. The second-order valence-corrected chi connectivity index (χ2v) is 5.15. The Morgan fingerprint density at radius 2 is 2.06 bits per heavy atom. The van der Waals surface area contributed by atoms with Crippen LogP contribution in [0.5, 0.6) is 5.75 Å². The molecule has 18 heavy (non-hydrogen) atoms. The van der Waals surface area contributed by atoms with Crippen molar-refractivity contribution < 1.29 is 9.47 Å². The van der Waals surface area contributed by atoms with E-state index in [4.69, 9.17) is 26.8 Å². The van der Waals surface area contributed by atoms with Gasteiger partial charge >= 0.3 is 0 Å². The maximum Gasteiger partial charge on any atom is 0.122 e. The number of rotatable bonds is 7. The van der Waals surface area contributed by atoms with Crippen molar-refractivity contribution in [2.45, 2.75) is 25.8 Å². The number of ether oxygens (including phenoxy) is 2. The molecular formula is C14H22ClNO2. The first-order chi connectivity index (χ1) is 8.56. The quantitative estimate of drug-likeness (QED) is 0.829. The summed E-state index contributed by atoms with van der Waals surface area (Å²) in [5.41, 5.74) is 7.21. The van der Waals surface area contributed by atoms with Gasteiger partial charge in [-0.05, 0) is 42.5 Å². The zero-order valence-corrected chi connectivity index (χ0v) is 12.0. The molecule has 0 heterocycles. The standard InChI is InChI=1S/C14H22ClNO2/c1-10(9-17-2)6-13(16)8-11-7-12(15)4-5-14(11)18-3/h4-5,7,10,13H,6,8-9,16H2,1-3H3. The van der Waals surface area contributed by atoms with Crippen LogP contribution in [-0.2, 0) is 11.2 Å². The Hall–Kier alpha value is -0.770. The second-order valence-electron chi connectivity index (χ2n) is 4.72. The molecule has 2 atom stereocenters. The van der Waals surface area contributed by atoms with Gasteiger partial charge in [-0.25, -0.2) is 0 Å². The van der Waals surface area contributed by atoms with Gasteiger partial charge in [0.05, 0.1) is 7.11 Å². The van der Waals surface area contributed by atoms with Crippen molar-refractivity contribution in [3.63, 3.8) is 0 Å². The summed E-state index contributed by atoms with van der Waals surface area (Å²) < 4.78 is 10.4. The maximum absolute atomic E-state index is 6.16. The summed E-state index contributed by atoms with van der Waals surface area (Å²) in [7, 11) is 3.37. The summed E-state index contributed by atoms with van der Waals surface area (Å²) in [5, 5.41) is 0.711. The van der Waals surface area contributed by atoms with Crippen molar-refractivity contribution in [2.24, 2.45) is 11.7 Å². The summed E-state index contributed by atoms with van der Waals surface area (Å²) in [6.07, 6.45) is 1.68. The highest BCUT2D eigenvalue weighted by Gasteiger charge is 2.13. The van der Waals surface area contributed by atoms with Crippen molar-refractivity contribution in [1.29, 1.82) is 0 Å². The molecule has 0 aliphatic heterocycles. The van der Waals surface area contributed by atoms with Crippen LogP contribution in [0.2, 0.25) is 5.02 Å². The van der Waals surface area contributed by atoms with Crippen LogP contribution in [-0.4, -0.2) is 26.9 Å². The summed E-state index contributed by atoms with van der Waals surface area (Å²) in [6, 6.07) is 5.70. The van der Waals surface area contributed by atoms with Crippen LogP contribution in [0.3, 0.4) is 0 Å². The molecule has 0 aromatic heterocycles. The fourth-order valence-electron chi connectivity index (χ4n) is 2.14. The zero-order chi connectivity index (χ0) is 13.5. The number of halogens is 1. The van der Waals surface area contributed by atoms with Gasteiger partial charge < -0.3 is 15.2 Å². The highest BCUT2D eigenvalue weighted by Crippen LogP contribution is 2.24. The van der Waals surface area contributed by atoms with E-state index in [-0.39, 0.29) is 6.04 Å². The van der Waals surface area contributed by atoms with Gasteiger partial charge in [-0.2, -0.15) is 0 Å². The van der Waals surface area contributed by atoms with Crippen LogP contribution in [0, 0.1) is 5.92 Å². The average molecular weight is 272 g/mol. The second kappa shape index (κ2) is 7.62. The van der Waals surface area contributed by atoms with Crippen LogP contribution >= 0.6 is 11.6 Å². The van der Waals surface area contributed by atoms with E-state index in [0.717, 1.165) is 30.8 Å².